The molecule has 0 atom stereocenters. The van der Waals surface area contributed by atoms with E-state index >= 15 is 0 Å². The van der Waals surface area contributed by atoms with Crippen LogP contribution in [0.1, 0.15) is 70.0 Å². The third-order valence-electron chi connectivity index (χ3n) is 9.12. The Bertz CT molecular complexity index is 2620. The van der Waals surface area contributed by atoms with Gasteiger partial charge in [0.25, 0.3) is 0 Å². The van der Waals surface area contributed by atoms with Gasteiger partial charge in [0, 0.05) is 46.1 Å². The fourth-order valence-electron chi connectivity index (χ4n) is 6.51. The minimum absolute atomic E-state index is 0. The molecule has 0 aliphatic rings. The number of fused-ring (bicyclic) bond motifs is 3. The first-order valence-corrected chi connectivity index (χ1v) is 17.3. The van der Waals surface area contributed by atoms with E-state index in [1.807, 2.05) is 24.4 Å². The van der Waals surface area contributed by atoms with Gasteiger partial charge >= 0.3 is 0 Å². The average molecular weight is 879 g/mol. The topological polar surface area (TPSA) is 38.9 Å². The zero-order chi connectivity index (χ0) is 41.4. The number of benzene rings is 5. The van der Waals surface area contributed by atoms with Crippen LogP contribution in [0.4, 0.5) is 4.39 Å². The predicted molar refractivity (Wildman–Crippen MR) is 213 cm³/mol. The van der Waals surface area contributed by atoms with E-state index in [4.69, 9.17) is 17.6 Å². The molecule has 0 amide bonds. The fourth-order valence-corrected chi connectivity index (χ4v) is 6.51. The van der Waals surface area contributed by atoms with Crippen molar-refractivity contribution in [3.05, 3.63) is 168 Å². The van der Waals surface area contributed by atoms with Gasteiger partial charge in [-0.15, -0.1) is 53.6 Å². The summed E-state index contributed by atoms with van der Waals surface area (Å²) in [5.41, 5.74) is 11.3. The molecule has 3 heterocycles. The van der Waals surface area contributed by atoms with Crippen molar-refractivity contribution in [3.63, 3.8) is 0 Å². The summed E-state index contributed by atoms with van der Waals surface area (Å²) < 4.78 is 64.2. The minimum Gasteiger partial charge on any atom is -0.498 e. The van der Waals surface area contributed by atoms with Gasteiger partial charge in [-0.3, -0.25) is 0 Å². The quantitative estimate of drug-likeness (QED) is 0.156. The Balaban J connectivity index is 0.000000236. The van der Waals surface area contributed by atoms with Crippen molar-refractivity contribution in [2.24, 2.45) is 0 Å². The van der Waals surface area contributed by atoms with Crippen molar-refractivity contribution < 1.29 is 37.1 Å². The molecule has 3 aromatic heterocycles. The molecule has 53 heavy (non-hydrogen) atoms. The summed E-state index contributed by atoms with van der Waals surface area (Å²) in [6.07, 6.45) is 3.15. The molecular formula is C48H41FIrN2O-2. The first kappa shape index (κ1) is 30.3. The molecule has 8 aromatic rings. The Hall–Kier alpha value is -5.22. The molecule has 0 fully saturated rings. The smallest absolute Gasteiger partial charge is 0.165 e. The molecular weight excluding hydrogens is 832 g/mol. The van der Waals surface area contributed by atoms with E-state index in [0.717, 1.165) is 27.6 Å². The number of pyridine rings is 2. The van der Waals surface area contributed by atoms with Crippen molar-refractivity contribution in [1.29, 1.82) is 0 Å². The fraction of sp³-hybridized carbons (Fsp3) is 0.167. The predicted octanol–water partition coefficient (Wildman–Crippen LogP) is 13.3. The second-order valence-electron chi connectivity index (χ2n) is 13.4. The van der Waals surface area contributed by atoms with E-state index in [-0.39, 0.29) is 42.6 Å². The number of para-hydroxylation sites is 1. The van der Waals surface area contributed by atoms with Crippen LogP contribution in [0.3, 0.4) is 0 Å². The van der Waals surface area contributed by atoms with Gasteiger partial charge in [0.05, 0.1) is 5.58 Å². The molecule has 0 N–H and O–H groups in total. The molecule has 0 aliphatic heterocycles. The van der Waals surface area contributed by atoms with Crippen LogP contribution in [0, 0.1) is 31.7 Å². The molecule has 0 unspecified atom stereocenters. The van der Waals surface area contributed by atoms with Crippen LogP contribution in [0.15, 0.2) is 132 Å². The van der Waals surface area contributed by atoms with Crippen molar-refractivity contribution in [1.82, 2.24) is 9.97 Å². The Morgan fingerprint density at radius 1 is 0.660 bits per heavy atom. The van der Waals surface area contributed by atoms with Crippen molar-refractivity contribution in [2.45, 2.75) is 53.2 Å². The standard InChI is InChI=1S/C35H29FNO.C13H12N.Ir/c1-21(2)29-18-25(23-10-6-5-7-11-23)19-30(22(3)4)33(29)24-16-17-37-32(20-24)28-14-8-12-26-27-13-9-15-31(36)35(27)38-34(26)28;1-10-3-6-12(7-4-10)13-8-5-11(2)9-14-13;/h5-13,15-22H,1-4H3;3-6,8-9H,1-2H3;/q2*-1;/i;1D3,2D3;. The first-order chi connectivity index (χ1) is 27.6. The third kappa shape index (κ3) is 7.93. The van der Waals surface area contributed by atoms with Gasteiger partial charge in [-0.05, 0) is 81.2 Å². The van der Waals surface area contributed by atoms with Gasteiger partial charge in [-0.1, -0.05) is 118 Å². The SMILES string of the molecule is CC(C)c1cc(-c2ccccc2)cc(C(C)C)c1-c1ccnc(-c2[c-]ccc3c2oc2c(F)cccc23)c1.[2H]C([2H])([2H])c1c[c-]c(-c2ccc(C([2H])([2H])[2H])cn2)cc1.[Ir]. The zero-order valence-electron chi connectivity index (χ0n) is 35.8. The van der Waals surface area contributed by atoms with E-state index in [1.165, 1.54) is 58.3 Å². The summed E-state index contributed by atoms with van der Waals surface area (Å²) >= 11 is 0. The van der Waals surface area contributed by atoms with Crippen LogP contribution in [-0.4, -0.2) is 9.97 Å². The largest absolute Gasteiger partial charge is 0.498 e. The maximum atomic E-state index is 14.5. The summed E-state index contributed by atoms with van der Waals surface area (Å²) in [6.45, 7) is 4.65. The van der Waals surface area contributed by atoms with Gasteiger partial charge in [-0.2, -0.15) is 0 Å². The van der Waals surface area contributed by atoms with E-state index in [2.05, 4.69) is 99.4 Å². The van der Waals surface area contributed by atoms with Gasteiger partial charge in [-0.25, -0.2) is 4.39 Å². The number of rotatable bonds is 6. The van der Waals surface area contributed by atoms with E-state index in [0.29, 0.717) is 28.7 Å². The van der Waals surface area contributed by atoms with Crippen molar-refractivity contribution >= 4 is 21.9 Å². The van der Waals surface area contributed by atoms with Crippen LogP contribution in [0.2, 0.25) is 0 Å². The van der Waals surface area contributed by atoms with E-state index in [1.54, 1.807) is 18.2 Å². The number of aryl methyl sites for hydroxylation is 2. The second-order valence-corrected chi connectivity index (χ2v) is 13.4. The molecule has 267 valence electrons. The average Bonchev–Trinajstić information content (AvgIpc) is 3.61. The zero-order valence-corrected chi connectivity index (χ0v) is 32.2. The van der Waals surface area contributed by atoms with Crippen LogP contribution in [0.25, 0.3) is 66.7 Å². The third-order valence-corrected chi connectivity index (χ3v) is 9.12. The van der Waals surface area contributed by atoms with Crippen LogP contribution in [-0.2, 0) is 20.1 Å². The number of hydrogen-bond acceptors (Lipinski definition) is 3. The molecule has 5 heteroatoms. The Labute approximate surface area is 333 Å². The van der Waals surface area contributed by atoms with E-state index < -0.39 is 13.7 Å². The number of nitrogens with zero attached hydrogens (tertiary/aromatic N) is 2. The number of aromatic nitrogens is 2. The number of hydrogen-bond donors (Lipinski definition) is 0. The molecule has 0 aliphatic carbocycles. The summed E-state index contributed by atoms with van der Waals surface area (Å²) in [5.74, 6) is 0.292. The van der Waals surface area contributed by atoms with Gasteiger partial charge in [0.2, 0.25) is 0 Å². The molecule has 0 bridgehead atoms. The van der Waals surface area contributed by atoms with E-state index in [9.17, 15) is 4.39 Å². The molecule has 8 rings (SSSR count). The molecule has 1 radical (unpaired) electrons. The Morgan fingerprint density at radius 2 is 1.40 bits per heavy atom. The molecule has 5 aromatic carbocycles. The first-order valence-electron chi connectivity index (χ1n) is 20.3. The maximum Gasteiger partial charge on any atom is 0.165 e. The maximum absolute atomic E-state index is 14.5. The Kier molecular flexibility index (Phi) is 9.25. The summed E-state index contributed by atoms with van der Waals surface area (Å²) in [5, 5.41) is 1.62. The van der Waals surface area contributed by atoms with Gasteiger partial charge in [0.1, 0.15) is 0 Å². The Morgan fingerprint density at radius 3 is 2.06 bits per heavy atom. The van der Waals surface area contributed by atoms with Crippen molar-refractivity contribution in [3.8, 4) is 44.8 Å². The molecule has 0 saturated carbocycles. The normalized spacial score (nSPS) is 13.3. The van der Waals surface area contributed by atoms with Gasteiger partial charge in [0.15, 0.2) is 11.4 Å². The van der Waals surface area contributed by atoms with Crippen LogP contribution in [0.5, 0.6) is 0 Å². The molecule has 3 nitrogen and oxygen atoms in total. The summed E-state index contributed by atoms with van der Waals surface area (Å²) in [7, 11) is 0. The summed E-state index contributed by atoms with van der Waals surface area (Å²) in [4.78, 5) is 8.78. The number of furan rings is 1. The monoisotopic (exact) mass is 879 g/mol. The molecule has 0 spiro atoms. The van der Waals surface area contributed by atoms with Gasteiger partial charge < -0.3 is 14.4 Å². The molecule has 0 saturated heterocycles. The summed E-state index contributed by atoms with van der Waals surface area (Å²) in [6, 6.07) is 42.0. The minimum atomic E-state index is -2.18. The van der Waals surface area contributed by atoms with Crippen LogP contribution >= 0.6 is 0 Å². The second kappa shape index (κ2) is 16.2. The van der Waals surface area contributed by atoms with Crippen LogP contribution < -0.4 is 0 Å². The van der Waals surface area contributed by atoms with Crippen molar-refractivity contribution in [2.75, 3.05) is 0 Å². The number of halogens is 1.